The molecule has 0 aliphatic heterocycles. The maximum atomic E-state index is 13.4. The molecule has 1 rings (SSSR count). The van der Waals surface area contributed by atoms with Crippen LogP contribution in [0.3, 0.4) is 0 Å². The van der Waals surface area contributed by atoms with Gasteiger partial charge in [-0.15, -0.1) is 0 Å². The molecule has 3 nitrogen and oxygen atoms in total. The summed E-state index contributed by atoms with van der Waals surface area (Å²) >= 11 is 5.63. The van der Waals surface area contributed by atoms with Gasteiger partial charge in [0.15, 0.2) is 0 Å². The molecule has 1 aromatic carbocycles. The third kappa shape index (κ3) is 2.44. The summed E-state index contributed by atoms with van der Waals surface area (Å²) in [5.41, 5.74) is 0.489. The second-order valence-electron chi connectivity index (χ2n) is 3.73. The van der Waals surface area contributed by atoms with Crippen molar-refractivity contribution >= 4 is 17.6 Å². The van der Waals surface area contributed by atoms with E-state index in [-0.39, 0.29) is 28.3 Å². The number of rotatable bonds is 3. The average Bonchev–Trinajstić information content (AvgIpc) is 2.14. The summed E-state index contributed by atoms with van der Waals surface area (Å²) in [5.74, 6) is -2.29. The van der Waals surface area contributed by atoms with Crippen LogP contribution in [-0.2, 0) is 4.79 Å². The molecule has 0 saturated heterocycles. The Bertz CT molecular complexity index is 405. The van der Waals surface area contributed by atoms with Crippen molar-refractivity contribution in [1.82, 2.24) is 0 Å². The fraction of sp³-hybridized carbons (Fsp3) is 0.364. The van der Waals surface area contributed by atoms with Crippen molar-refractivity contribution in [2.75, 3.05) is 0 Å². The van der Waals surface area contributed by atoms with Gasteiger partial charge in [0.25, 0.3) is 0 Å². The third-order valence-electron chi connectivity index (χ3n) is 2.47. The molecular formula is C11H12ClFO3. The van der Waals surface area contributed by atoms with E-state index < -0.39 is 17.7 Å². The molecule has 1 atom stereocenters. The Labute approximate surface area is 97.5 Å². The van der Waals surface area contributed by atoms with Crippen molar-refractivity contribution in [3.05, 3.63) is 28.0 Å². The number of hydrogen-bond donors (Lipinski definition) is 2. The van der Waals surface area contributed by atoms with Crippen molar-refractivity contribution < 1.29 is 19.4 Å². The lowest BCUT2D eigenvalue weighted by Gasteiger charge is -2.16. The number of phenolic OH excluding ortho intramolecular Hbond substituents is 1. The van der Waals surface area contributed by atoms with Gasteiger partial charge in [-0.25, -0.2) is 4.39 Å². The summed E-state index contributed by atoms with van der Waals surface area (Å²) in [4.78, 5) is 10.6. The van der Waals surface area contributed by atoms with E-state index in [4.69, 9.17) is 16.7 Å². The van der Waals surface area contributed by atoms with Crippen LogP contribution in [0, 0.1) is 12.7 Å². The zero-order valence-corrected chi connectivity index (χ0v) is 9.68. The summed E-state index contributed by atoms with van der Waals surface area (Å²) < 4.78 is 13.4. The van der Waals surface area contributed by atoms with Crippen molar-refractivity contribution in [2.24, 2.45) is 0 Å². The van der Waals surface area contributed by atoms with Gasteiger partial charge in [-0.3, -0.25) is 4.79 Å². The van der Waals surface area contributed by atoms with Gasteiger partial charge < -0.3 is 10.2 Å². The summed E-state index contributed by atoms with van der Waals surface area (Å²) in [6.45, 7) is 3.09. The Balaban J connectivity index is 3.26. The maximum Gasteiger partial charge on any atom is 0.303 e. The molecule has 0 radical (unpaired) electrons. The first-order valence-corrected chi connectivity index (χ1v) is 5.11. The number of phenols is 1. The van der Waals surface area contributed by atoms with Gasteiger partial charge in [0.05, 0.1) is 11.4 Å². The van der Waals surface area contributed by atoms with Crippen molar-refractivity contribution in [3.63, 3.8) is 0 Å². The second kappa shape index (κ2) is 4.70. The van der Waals surface area contributed by atoms with Crippen LogP contribution in [0.5, 0.6) is 5.75 Å². The Morgan fingerprint density at radius 2 is 2.19 bits per heavy atom. The minimum Gasteiger partial charge on any atom is -0.506 e. The van der Waals surface area contributed by atoms with Crippen molar-refractivity contribution in [3.8, 4) is 5.75 Å². The molecule has 0 aromatic heterocycles. The third-order valence-corrected chi connectivity index (χ3v) is 2.76. The normalized spacial score (nSPS) is 12.5. The van der Waals surface area contributed by atoms with Crippen LogP contribution >= 0.6 is 11.6 Å². The van der Waals surface area contributed by atoms with E-state index in [0.29, 0.717) is 0 Å². The van der Waals surface area contributed by atoms with Crippen LogP contribution in [0.2, 0.25) is 5.02 Å². The highest BCUT2D eigenvalue weighted by Gasteiger charge is 2.21. The molecule has 1 aromatic rings. The number of carboxylic acids is 1. The van der Waals surface area contributed by atoms with Crippen LogP contribution in [-0.4, -0.2) is 16.2 Å². The Morgan fingerprint density at radius 3 is 2.69 bits per heavy atom. The first-order chi connectivity index (χ1) is 7.34. The molecule has 0 amide bonds. The van der Waals surface area contributed by atoms with Crippen LogP contribution in [0.4, 0.5) is 4.39 Å². The number of aromatic hydroxyl groups is 1. The van der Waals surface area contributed by atoms with Crippen LogP contribution < -0.4 is 0 Å². The van der Waals surface area contributed by atoms with E-state index in [0.717, 1.165) is 6.07 Å². The fourth-order valence-corrected chi connectivity index (χ4v) is 1.89. The first-order valence-electron chi connectivity index (χ1n) is 4.73. The molecule has 1 unspecified atom stereocenters. The maximum absolute atomic E-state index is 13.4. The molecule has 0 spiro atoms. The Kier molecular flexibility index (Phi) is 3.75. The summed E-state index contributed by atoms with van der Waals surface area (Å²) in [5, 5.41) is 18.3. The van der Waals surface area contributed by atoms with Crippen molar-refractivity contribution in [1.29, 1.82) is 0 Å². The van der Waals surface area contributed by atoms with E-state index >= 15 is 0 Å². The van der Waals surface area contributed by atoms with Crippen LogP contribution in [0.25, 0.3) is 0 Å². The SMILES string of the molecule is Cc1c(F)cc(Cl)c(O)c1C(C)CC(=O)O. The lowest BCUT2D eigenvalue weighted by atomic mass is 9.92. The zero-order valence-electron chi connectivity index (χ0n) is 8.92. The highest BCUT2D eigenvalue weighted by atomic mass is 35.5. The molecule has 88 valence electrons. The van der Waals surface area contributed by atoms with Gasteiger partial charge in [0, 0.05) is 5.56 Å². The molecule has 0 fully saturated rings. The van der Waals surface area contributed by atoms with Gasteiger partial charge in [-0.05, 0) is 24.5 Å². The summed E-state index contributed by atoms with van der Waals surface area (Å²) in [6.07, 6.45) is -0.186. The highest BCUT2D eigenvalue weighted by Crippen LogP contribution is 2.37. The number of carboxylic acid groups (broad SMARTS) is 1. The van der Waals surface area contributed by atoms with Crippen LogP contribution in [0.1, 0.15) is 30.4 Å². The van der Waals surface area contributed by atoms with Gasteiger partial charge in [-0.1, -0.05) is 18.5 Å². The first kappa shape index (κ1) is 12.8. The van der Waals surface area contributed by atoms with Gasteiger partial charge in [0.1, 0.15) is 11.6 Å². The topological polar surface area (TPSA) is 57.5 Å². The number of aliphatic carboxylic acids is 1. The lowest BCUT2D eigenvalue weighted by molar-refractivity contribution is -0.137. The summed E-state index contributed by atoms with van der Waals surface area (Å²) in [6, 6.07) is 1.02. The van der Waals surface area contributed by atoms with E-state index in [1.54, 1.807) is 6.92 Å². The molecular weight excluding hydrogens is 235 g/mol. The largest absolute Gasteiger partial charge is 0.506 e. The number of benzene rings is 1. The Hall–Kier alpha value is -1.29. The van der Waals surface area contributed by atoms with Crippen LogP contribution in [0.15, 0.2) is 6.07 Å². The molecule has 0 heterocycles. The van der Waals surface area contributed by atoms with E-state index in [1.807, 2.05) is 0 Å². The minimum atomic E-state index is -1.01. The van der Waals surface area contributed by atoms with Gasteiger partial charge in [-0.2, -0.15) is 0 Å². The Morgan fingerprint density at radius 1 is 1.62 bits per heavy atom. The fourth-order valence-electron chi connectivity index (χ4n) is 1.69. The highest BCUT2D eigenvalue weighted by molar-refractivity contribution is 6.32. The smallest absolute Gasteiger partial charge is 0.303 e. The lowest BCUT2D eigenvalue weighted by Crippen LogP contribution is -2.06. The predicted molar refractivity (Wildman–Crippen MR) is 58.5 cm³/mol. The monoisotopic (exact) mass is 246 g/mol. The average molecular weight is 247 g/mol. The van der Waals surface area contributed by atoms with E-state index in [2.05, 4.69) is 0 Å². The molecule has 16 heavy (non-hydrogen) atoms. The van der Waals surface area contributed by atoms with Crippen molar-refractivity contribution in [2.45, 2.75) is 26.2 Å². The number of carbonyl (C=O) groups is 1. The second-order valence-corrected chi connectivity index (χ2v) is 4.13. The molecule has 2 N–H and O–H groups in total. The molecule has 0 bridgehead atoms. The van der Waals surface area contributed by atoms with E-state index in [9.17, 15) is 14.3 Å². The molecule has 0 saturated carbocycles. The predicted octanol–water partition coefficient (Wildman–Crippen LogP) is 3.07. The summed E-state index contributed by atoms with van der Waals surface area (Å²) in [7, 11) is 0. The molecule has 5 heteroatoms. The molecule has 0 aliphatic rings. The standard InChI is InChI=1S/C11H12ClFO3/c1-5(3-9(14)15)10-6(2)8(13)4-7(12)11(10)16/h4-5,16H,3H2,1-2H3,(H,14,15). The number of halogens is 2. The number of hydrogen-bond acceptors (Lipinski definition) is 2. The molecule has 0 aliphatic carbocycles. The van der Waals surface area contributed by atoms with Gasteiger partial charge >= 0.3 is 5.97 Å². The zero-order chi connectivity index (χ0) is 12.5. The quantitative estimate of drug-likeness (QED) is 0.862. The minimum absolute atomic E-state index is 0.102. The van der Waals surface area contributed by atoms with E-state index in [1.165, 1.54) is 6.92 Å². The van der Waals surface area contributed by atoms with Gasteiger partial charge in [0.2, 0.25) is 0 Å².